The smallest absolute Gasteiger partial charge is 0.220 e. The van der Waals surface area contributed by atoms with E-state index in [9.17, 15) is 9.18 Å². The van der Waals surface area contributed by atoms with E-state index in [1.807, 2.05) is 31.6 Å². The van der Waals surface area contributed by atoms with Crippen molar-refractivity contribution in [2.45, 2.75) is 32.4 Å². The molecule has 0 saturated carbocycles. The molecule has 1 amide bonds. The lowest BCUT2D eigenvalue weighted by molar-refractivity contribution is -0.120. The van der Waals surface area contributed by atoms with Crippen LogP contribution in [0.5, 0.6) is 0 Å². The number of rotatable bonds is 8. The summed E-state index contributed by atoms with van der Waals surface area (Å²) in [5.74, 6) is 1.27. The van der Waals surface area contributed by atoms with Crippen LogP contribution in [-0.4, -0.2) is 28.0 Å². The molecule has 0 bridgehead atoms. The van der Waals surface area contributed by atoms with Gasteiger partial charge in [0.25, 0.3) is 0 Å². The zero-order chi connectivity index (χ0) is 17.5. The minimum absolute atomic E-state index is 0.0455. The maximum absolute atomic E-state index is 13.5. The SMILES string of the molecule is Cc1nn(C)c(C)c1CCC(=O)NCCSCc1ccccc1F. The van der Waals surface area contributed by atoms with Gasteiger partial charge in [-0.3, -0.25) is 9.48 Å². The molecular formula is C18H24FN3OS. The molecule has 0 aliphatic carbocycles. The van der Waals surface area contributed by atoms with Crippen LogP contribution in [-0.2, 0) is 24.0 Å². The average Bonchev–Trinajstić information content (AvgIpc) is 2.79. The van der Waals surface area contributed by atoms with Gasteiger partial charge in [-0.25, -0.2) is 4.39 Å². The van der Waals surface area contributed by atoms with Gasteiger partial charge in [-0.15, -0.1) is 0 Å². The Labute approximate surface area is 146 Å². The van der Waals surface area contributed by atoms with Crippen LogP contribution in [0.4, 0.5) is 4.39 Å². The van der Waals surface area contributed by atoms with Gasteiger partial charge in [0.15, 0.2) is 0 Å². The minimum atomic E-state index is -0.170. The molecule has 1 aromatic carbocycles. The van der Waals surface area contributed by atoms with Gasteiger partial charge in [0.1, 0.15) is 5.82 Å². The highest BCUT2D eigenvalue weighted by Crippen LogP contribution is 2.15. The Morgan fingerprint density at radius 2 is 2.08 bits per heavy atom. The fourth-order valence-electron chi connectivity index (χ4n) is 2.57. The van der Waals surface area contributed by atoms with Crippen LogP contribution in [0.3, 0.4) is 0 Å². The summed E-state index contributed by atoms with van der Waals surface area (Å²) in [4.78, 5) is 11.9. The minimum Gasteiger partial charge on any atom is -0.355 e. The third-order valence-corrected chi connectivity index (χ3v) is 5.05. The standard InChI is InChI=1S/C18H24FN3OS/c1-13-16(14(2)22(3)21-13)8-9-18(23)20-10-11-24-12-15-6-4-5-7-17(15)19/h4-7H,8-12H2,1-3H3,(H,20,23). The van der Waals surface area contributed by atoms with Crippen LogP contribution < -0.4 is 5.32 Å². The van der Waals surface area contributed by atoms with Crippen LogP contribution in [0.15, 0.2) is 24.3 Å². The number of thioether (sulfide) groups is 1. The van der Waals surface area contributed by atoms with E-state index in [1.165, 1.54) is 6.07 Å². The first-order valence-corrected chi connectivity index (χ1v) is 9.21. The molecule has 2 aromatic rings. The summed E-state index contributed by atoms with van der Waals surface area (Å²) in [5.41, 5.74) is 3.96. The summed E-state index contributed by atoms with van der Waals surface area (Å²) >= 11 is 1.62. The molecule has 0 unspecified atom stereocenters. The Hall–Kier alpha value is -1.82. The van der Waals surface area contributed by atoms with Gasteiger partial charge in [-0.2, -0.15) is 16.9 Å². The maximum Gasteiger partial charge on any atom is 0.220 e. The first kappa shape index (κ1) is 18.5. The average molecular weight is 349 g/mol. The second-order valence-electron chi connectivity index (χ2n) is 5.77. The summed E-state index contributed by atoms with van der Waals surface area (Å²) in [6, 6.07) is 6.79. The Kier molecular flexibility index (Phi) is 6.85. The summed E-state index contributed by atoms with van der Waals surface area (Å²) < 4.78 is 15.3. The Morgan fingerprint density at radius 1 is 1.33 bits per heavy atom. The van der Waals surface area contributed by atoms with Crippen molar-refractivity contribution in [3.63, 3.8) is 0 Å². The van der Waals surface area contributed by atoms with E-state index in [4.69, 9.17) is 0 Å². The van der Waals surface area contributed by atoms with Gasteiger partial charge in [0.05, 0.1) is 5.69 Å². The van der Waals surface area contributed by atoms with E-state index in [-0.39, 0.29) is 11.7 Å². The third kappa shape index (κ3) is 5.09. The lowest BCUT2D eigenvalue weighted by Gasteiger charge is -2.06. The molecular weight excluding hydrogens is 325 g/mol. The number of carbonyl (C=O) groups is 1. The van der Waals surface area contributed by atoms with Crippen molar-refractivity contribution in [3.8, 4) is 0 Å². The fourth-order valence-corrected chi connectivity index (χ4v) is 3.41. The molecule has 1 heterocycles. The maximum atomic E-state index is 13.5. The third-order valence-electron chi connectivity index (χ3n) is 4.04. The van der Waals surface area contributed by atoms with Crippen molar-refractivity contribution < 1.29 is 9.18 Å². The van der Waals surface area contributed by atoms with Gasteiger partial charge in [0, 0.05) is 37.2 Å². The van der Waals surface area contributed by atoms with Crippen molar-refractivity contribution in [2.24, 2.45) is 7.05 Å². The van der Waals surface area contributed by atoms with Crippen LogP contribution >= 0.6 is 11.8 Å². The van der Waals surface area contributed by atoms with Gasteiger partial charge in [-0.05, 0) is 37.5 Å². The predicted octanol–water partition coefficient (Wildman–Crippen LogP) is 3.16. The summed E-state index contributed by atoms with van der Waals surface area (Å²) in [6.07, 6.45) is 1.17. The molecule has 0 aliphatic heterocycles. The van der Waals surface area contributed by atoms with Crippen LogP contribution in [0.2, 0.25) is 0 Å². The lowest BCUT2D eigenvalue weighted by atomic mass is 10.1. The second kappa shape index (κ2) is 8.87. The monoisotopic (exact) mass is 349 g/mol. The molecule has 24 heavy (non-hydrogen) atoms. The van der Waals surface area contributed by atoms with E-state index >= 15 is 0 Å². The lowest BCUT2D eigenvalue weighted by Crippen LogP contribution is -2.26. The Morgan fingerprint density at radius 3 is 2.75 bits per heavy atom. The molecule has 0 radical (unpaired) electrons. The van der Waals surface area contributed by atoms with Crippen molar-refractivity contribution >= 4 is 17.7 Å². The number of hydrogen-bond acceptors (Lipinski definition) is 3. The van der Waals surface area contributed by atoms with Gasteiger partial charge in [-0.1, -0.05) is 18.2 Å². The van der Waals surface area contributed by atoms with Gasteiger partial charge >= 0.3 is 0 Å². The molecule has 0 atom stereocenters. The van der Waals surface area contributed by atoms with Crippen LogP contribution in [0, 0.1) is 19.7 Å². The molecule has 0 fully saturated rings. The van der Waals surface area contributed by atoms with Gasteiger partial charge in [0.2, 0.25) is 5.91 Å². The first-order chi connectivity index (χ1) is 11.5. The highest BCUT2D eigenvalue weighted by Gasteiger charge is 2.11. The quantitative estimate of drug-likeness (QED) is 0.745. The number of hydrogen-bond donors (Lipinski definition) is 1. The van der Waals surface area contributed by atoms with Crippen molar-refractivity contribution in [1.82, 2.24) is 15.1 Å². The highest BCUT2D eigenvalue weighted by molar-refractivity contribution is 7.98. The zero-order valence-corrected chi connectivity index (χ0v) is 15.3. The highest BCUT2D eigenvalue weighted by atomic mass is 32.2. The number of aromatic nitrogens is 2. The summed E-state index contributed by atoms with van der Waals surface area (Å²) in [7, 11) is 1.92. The molecule has 0 aliphatic rings. The topological polar surface area (TPSA) is 46.9 Å². The molecule has 1 N–H and O–H groups in total. The van der Waals surface area contributed by atoms with E-state index in [2.05, 4.69) is 10.4 Å². The van der Waals surface area contributed by atoms with E-state index in [0.29, 0.717) is 30.7 Å². The second-order valence-corrected chi connectivity index (χ2v) is 6.87. The Balaban J connectivity index is 1.64. The van der Waals surface area contributed by atoms with E-state index in [1.54, 1.807) is 23.9 Å². The largest absolute Gasteiger partial charge is 0.355 e. The number of carbonyl (C=O) groups excluding carboxylic acids is 1. The zero-order valence-electron chi connectivity index (χ0n) is 14.4. The summed E-state index contributed by atoms with van der Waals surface area (Å²) in [6.45, 7) is 4.59. The normalized spacial score (nSPS) is 10.8. The number of aryl methyl sites for hydroxylation is 2. The molecule has 0 saturated heterocycles. The number of nitrogens with zero attached hydrogens (tertiary/aromatic N) is 2. The first-order valence-electron chi connectivity index (χ1n) is 8.06. The fraction of sp³-hybridized carbons (Fsp3) is 0.444. The molecule has 2 rings (SSSR count). The molecule has 6 heteroatoms. The molecule has 4 nitrogen and oxygen atoms in total. The van der Waals surface area contributed by atoms with Crippen molar-refractivity contribution in [2.75, 3.05) is 12.3 Å². The summed E-state index contributed by atoms with van der Waals surface area (Å²) in [5, 5.41) is 7.28. The van der Waals surface area contributed by atoms with Crippen LogP contribution in [0.1, 0.15) is 28.9 Å². The predicted molar refractivity (Wildman–Crippen MR) is 96.6 cm³/mol. The van der Waals surface area contributed by atoms with E-state index in [0.717, 1.165) is 22.7 Å². The van der Waals surface area contributed by atoms with Crippen molar-refractivity contribution in [1.29, 1.82) is 0 Å². The number of benzene rings is 1. The molecule has 1 aromatic heterocycles. The van der Waals surface area contributed by atoms with Gasteiger partial charge < -0.3 is 5.32 Å². The van der Waals surface area contributed by atoms with E-state index < -0.39 is 0 Å². The number of amides is 1. The molecule has 130 valence electrons. The molecule has 0 spiro atoms. The van der Waals surface area contributed by atoms with Crippen molar-refractivity contribution in [3.05, 3.63) is 52.6 Å². The number of halogens is 1. The Bertz CT molecular complexity index is 700. The number of nitrogens with one attached hydrogen (secondary N) is 1. The van der Waals surface area contributed by atoms with Crippen LogP contribution in [0.25, 0.3) is 0 Å².